The summed E-state index contributed by atoms with van der Waals surface area (Å²) in [6, 6.07) is 0. The molecule has 0 aliphatic heterocycles. The van der Waals surface area contributed by atoms with E-state index in [4.69, 9.17) is 16.3 Å². The van der Waals surface area contributed by atoms with Crippen molar-refractivity contribution in [2.75, 3.05) is 19.0 Å². The van der Waals surface area contributed by atoms with E-state index in [1.807, 2.05) is 6.20 Å². The van der Waals surface area contributed by atoms with Crippen LogP contribution in [-0.4, -0.2) is 33.5 Å². The first kappa shape index (κ1) is 11.8. The molecule has 0 saturated heterocycles. The summed E-state index contributed by atoms with van der Waals surface area (Å²) in [5.41, 5.74) is 0.821. The van der Waals surface area contributed by atoms with Crippen LogP contribution >= 0.6 is 11.6 Å². The van der Waals surface area contributed by atoms with E-state index in [9.17, 15) is 0 Å². The summed E-state index contributed by atoms with van der Waals surface area (Å²) in [6.45, 7) is 1.32. The van der Waals surface area contributed by atoms with Crippen LogP contribution in [0.3, 0.4) is 0 Å². The Morgan fingerprint density at radius 2 is 2.35 bits per heavy atom. The van der Waals surface area contributed by atoms with Gasteiger partial charge in [0, 0.05) is 13.3 Å². The summed E-state index contributed by atoms with van der Waals surface area (Å²) in [5, 5.41) is 7.70. The lowest BCUT2D eigenvalue weighted by Gasteiger charge is -2.03. The molecule has 0 saturated carbocycles. The maximum Gasteiger partial charge on any atom is 0.152 e. The highest BCUT2D eigenvalue weighted by molar-refractivity contribution is 6.32. The summed E-state index contributed by atoms with van der Waals surface area (Å²) in [4.78, 5) is 7.84. The number of hydrogen-bond acceptors (Lipinski definition) is 5. The predicted molar refractivity (Wildman–Crippen MR) is 64.4 cm³/mol. The minimum Gasteiger partial charge on any atom is -0.383 e. The van der Waals surface area contributed by atoms with Gasteiger partial charge in [-0.15, -0.1) is 0 Å². The van der Waals surface area contributed by atoms with Crippen LogP contribution in [-0.2, 0) is 11.3 Å². The van der Waals surface area contributed by atoms with E-state index in [1.54, 1.807) is 18.0 Å². The molecule has 0 aromatic carbocycles. The van der Waals surface area contributed by atoms with Gasteiger partial charge in [0.25, 0.3) is 0 Å². The average Bonchev–Trinajstić information content (AvgIpc) is 2.77. The van der Waals surface area contributed by atoms with Gasteiger partial charge in [0.1, 0.15) is 11.3 Å². The molecule has 2 aromatic heterocycles. The quantitative estimate of drug-likeness (QED) is 0.879. The Kier molecular flexibility index (Phi) is 3.89. The van der Waals surface area contributed by atoms with Gasteiger partial charge >= 0.3 is 0 Å². The van der Waals surface area contributed by atoms with E-state index < -0.39 is 0 Å². The van der Waals surface area contributed by atoms with Gasteiger partial charge in [-0.05, 0) is 0 Å². The third-order valence-corrected chi connectivity index (χ3v) is 2.36. The van der Waals surface area contributed by atoms with E-state index in [1.165, 1.54) is 12.5 Å². The number of nitrogens with one attached hydrogen (secondary N) is 1. The van der Waals surface area contributed by atoms with Crippen molar-refractivity contribution in [1.82, 2.24) is 19.7 Å². The molecule has 1 N–H and O–H groups in total. The van der Waals surface area contributed by atoms with Gasteiger partial charge in [0.05, 0.1) is 31.2 Å². The highest BCUT2D eigenvalue weighted by atomic mass is 35.5. The van der Waals surface area contributed by atoms with Gasteiger partial charge in [0.15, 0.2) is 5.82 Å². The van der Waals surface area contributed by atoms with E-state index in [0.29, 0.717) is 24.0 Å². The van der Waals surface area contributed by atoms with E-state index in [-0.39, 0.29) is 0 Å². The fourth-order valence-corrected chi connectivity index (χ4v) is 1.43. The molecule has 0 fully saturated rings. The zero-order valence-corrected chi connectivity index (χ0v) is 10.1. The van der Waals surface area contributed by atoms with Crippen molar-refractivity contribution in [3.05, 3.63) is 29.9 Å². The van der Waals surface area contributed by atoms with Crippen LogP contribution in [0.15, 0.2) is 24.9 Å². The molecule has 6 nitrogen and oxygen atoms in total. The Bertz CT molecular complexity index is 487. The summed E-state index contributed by atoms with van der Waals surface area (Å²) < 4.78 is 6.75. The molecule has 2 rings (SSSR count). The minimum absolute atomic E-state index is 0.470. The number of ether oxygens (including phenoxy) is 1. The largest absolute Gasteiger partial charge is 0.383 e. The maximum atomic E-state index is 5.93. The zero-order chi connectivity index (χ0) is 12.1. The molecule has 2 aromatic rings. The summed E-state index contributed by atoms with van der Waals surface area (Å²) in [6.07, 6.45) is 6.53. The fraction of sp³-hybridized carbons (Fsp3) is 0.300. The Morgan fingerprint density at radius 1 is 1.47 bits per heavy atom. The first-order valence-corrected chi connectivity index (χ1v) is 5.41. The van der Waals surface area contributed by atoms with Gasteiger partial charge in [-0.25, -0.2) is 9.97 Å². The number of nitrogens with zero attached hydrogens (tertiary/aromatic N) is 4. The van der Waals surface area contributed by atoms with Crippen molar-refractivity contribution in [3.63, 3.8) is 0 Å². The lowest BCUT2D eigenvalue weighted by atomic mass is 10.5. The van der Waals surface area contributed by atoms with E-state index >= 15 is 0 Å². The first-order chi connectivity index (χ1) is 8.29. The van der Waals surface area contributed by atoms with E-state index in [0.717, 1.165) is 5.69 Å². The van der Waals surface area contributed by atoms with Crippen molar-refractivity contribution >= 4 is 23.1 Å². The van der Waals surface area contributed by atoms with Gasteiger partial charge in [-0.1, -0.05) is 11.6 Å². The molecular formula is C10H12ClN5O. The molecule has 0 amide bonds. The van der Waals surface area contributed by atoms with Crippen molar-refractivity contribution < 1.29 is 4.74 Å². The summed E-state index contributed by atoms with van der Waals surface area (Å²) in [7, 11) is 1.66. The second-order valence-corrected chi connectivity index (χ2v) is 3.74. The number of hydrogen-bond donors (Lipinski definition) is 1. The number of halogens is 1. The number of anilines is 2. The third kappa shape index (κ3) is 3.15. The highest BCUT2D eigenvalue weighted by Crippen LogP contribution is 2.20. The van der Waals surface area contributed by atoms with Gasteiger partial charge in [-0.3, -0.25) is 4.68 Å². The molecule has 0 aliphatic carbocycles. The van der Waals surface area contributed by atoms with Crippen LogP contribution in [0.5, 0.6) is 0 Å². The molecule has 0 spiro atoms. The SMILES string of the molecule is COCCn1cc(Nc2ncncc2Cl)cn1. The predicted octanol–water partition coefficient (Wildman–Crippen LogP) is 1.72. The van der Waals surface area contributed by atoms with Gasteiger partial charge < -0.3 is 10.1 Å². The van der Waals surface area contributed by atoms with Crippen molar-refractivity contribution in [1.29, 1.82) is 0 Å². The molecule has 7 heteroatoms. The topological polar surface area (TPSA) is 64.9 Å². The van der Waals surface area contributed by atoms with Crippen LogP contribution in [0.1, 0.15) is 0 Å². The standard InChI is InChI=1S/C10H12ClN5O/c1-17-3-2-16-6-8(4-14-16)15-10-9(11)5-12-7-13-10/h4-7H,2-3H2,1H3,(H,12,13,15). The van der Waals surface area contributed by atoms with Crippen molar-refractivity contribution in [3.8, 4) is 0 Å². The Labute approximate surface area is 104 Å². The monoisotopic (exact) mass is 253 g/mol. The Balaban J connectivity index is 2.04. The molecule has 2 heterocycles. The lowest BCUT2D eigenvalue weighted by Crippen LogP contribution is -2.04. The normalized spacial score (nSPS) is 10.5. The Hall–Kier alpha value is -1.66. The van der Waals surface area contributed by atoms with Crippen LogP contribution in [0.25, 0.3) is 0 Å². The van der Waals surface area contributed by atoms with E-state index in [2.05, 4.69) is 20.4 Å². The highest BCUT2D eigenvalue weighted by Gasteiger charge is 2.03. The minimum atomic E-state index is 0.470. The summed E-state index contributed by atoms with van der Waals surface area (Å²) >= 11 is 5.93. The number of rotatable bonds is 5. The van der Waals surface area contributed by atoms with Crippen LogP contribution in [0, 0.1) is 0 Å². The zero-order valence-electron chi connectivity index (χ0n) is 9.30. The average molecular weight is 254 g/mol. The Morgan fingerprint density at radius 3 is 3.12 bits per heavy atom. The number of aromatic nitrogens is 4. The smallest absolute Gasteiger partial charge is 0.152 e. The van der Waals surface area contributed by atoms with Crippen LogP contribution < -0.4 is 5.32 Å². The van der Waals surface area contributed by atoms with Crippen molar-refractivity contribution in [2.45, 2.75) is 6.54 Å². The van der Waals surface area contributed by atoms with Crippen LogP contribution in [0.4, 0.5) is 11.5 Å². The third-order valence-electron chi connectivity index (χ3n) is 2.09. The summed E-state index contributed by atoms with van der Waals surface area (Å²) in [5.74, 6) is 0.563. The molecule has 90 valence electrons. The van der Waals surface area contributed by atoms with Crippen LogP contribution in [0.2, 0.25) is 5.02 Å². The molecule has 0 unspecified atom stereocenters. The first-order valence-electron chi connectivity index (χ1n) is 5.03. The van der Waals surface area contributed by atoms with Gasteiger partial charge in [-0.2, -0.15) is 5.10 Å². The molecule has 0 aliphatic rings. The van der Waals surface area contributed by atoms with Gasteiger partial charge in [0.2, 0.25) is 0 Å². The fourth-order valence-electron chi connectivity index (χ4n) is 1.28. The molecular weight excluding hydrogens is 242 g/mol. The molecule has 0 radical (unpaired) electrons. The second kappa shape index (κ2) is 5.60. The van der Waals surface area contributed by atoms with Crippen molar-refractivity contribution in [2.24, 2.45) is 0 Å². The lowest BCUT2D eigenvalue weighted by molar-refractivity contribution is 0.183. The maximum absolute atomic E-state index is 5.93. The molecule has 0 atom stereocenters. The second-order valence-electron chi connectivity index (χ2n) is 3.33. The number of methoxy groups -OCH3 is 1. The molecule has 0 bridgehead atoms. The molecule has 17 heavy (non-hydrogen) atoms.